The molecule has 0 saturated heterocycles. The Morgan fingerprint density at radius 2 is 1.44 bits per heavy atom. The Balaban J connectivity index is 1.68. The van der Waals surface area contributed by atoms with Crippen molar-refractivity contribution in [2.45, 2.75) is 45.4 Å². The van der Waals surface area contributed by atoms with Gasteiger partial charge in [0.25, 0.3) is 0 Å². The number of ether oxygens (including phenoxy) is 3. The number of carbonyl (C=O) groups is 2. The third-order valence-electron chi connectivity index (χ3n) is 5.35. The summed E-state index contributed by atoms with van der Waals surface area (Å²) in [5.41, 5.74) is 0.856. The molecule has 5 nitrogen and oxygen atoms in total. The van der Waals surface area contributed by atoms with Crippen LogP contribution in [0.25, 0.3) is 10.8 Å². The predicted molar refractivity (Wildman–Crippen MR) is 126 cm³/mol. The lowest BCUT2D eigenvalue weighted by atomic mass is 10.0. The van der Waals surface area contributed by atoms with Crippen LogP contribution in [-0.2, 0) is 4.74 Å². The number of methoxy groups -OCH3 is 1. The van der Waals surface area contributed by atoms with E-state index in [1.165, 1.54) is 32.8 Å². The molecule has 3 rings (SSSR count). The first kappa shape index (κ1) is 23.3. The van der Waals surface area contributed by atoms with Crippen LogP contribution in [-0.4, -0.2) is 25.7 Å². The number of unbranched alkanes of at least 4 members (excludes halogenated alkanes) is 5. The smallest absolute Gasteiger partial charge is 0.344 e. The number of rotatable bonds is 11. The van der Waals surface area contributed by atoms with Gasteiger partial charge in [0.15, 0.2) is 0 Å². The minimum atomic E-state index is -0.463. The summed E-state index contributed by atoms with van der Waals surface area (Å²) in [6.07, 6.45) is 7.24. The van der Waals surface area contributed by atoms with E-state index in [0.717, 1.165) is 29.4 Å². The number of hydrogen-bond donors (Lipinski definition) is 0. The van der Waals surface area contributed by atoms with Crippen molar-refractivity contribution < 1.29 is 23.8 Å². The predicted octanol–water partition coefficient (Wildman–Crippen LogP) is 6.58. The molecular weight excluding hydrogens is 404 g/mol. The third kappa shape index (κ3) is 6.10. The van der Waals surface area contributed by atoms with Crippen LogP contribution in [0.3, 0.4) is 0 Å². The topological polar surface area (TPSA) is 61.8 Å². The van der Waals surface area contributed by atoms with Gasteiger partial charge in [-0.05, 0) is 48.2 Å². The summed E-state index contributed by atoms with van der Waals surface area (Å²) in [5.74, 6) is 0.225. The zero-order chi connectivity index (χ0) is 22.8. The molecule has 5 heteroatoms. The lowest BCUT2D eigenvalue weighted by molar-refractivity contribution is 0.0600. The fraction of sp³-hybridized carbons (Fsp3) is 0.333. The first-order chi connectivity index (χ1) is 15.6. The number of fused-ring (bicyclic) bond motifs is 1. The van der Waals surface area contributed by atoms with Crippen LogP contribution in [0.4, 0.5) is 0 Å². The Kier molecular flexibility index (Phi) is 8.67. The molecule has 0 amide bonds. The second-order valence-corrected chi connectivity index (χ2v) is 7.68. The van der Waals surface area contributed by atoms with Crippen LogP contribution >= 0.6 is 0 Å². The normalized spacial score (nSPS) is 10.7. The van der Waals surface area contributed by atoms with Gasteiger partial charge in [0.1, 0.15) is 11.5 Å². The molecule has 0 aliphatic rings. The standard InChI is InChI=1S/C27H30O5/c1-3-4-5-6-7-10-19-31-25-18-17-24(22-11-8-9-12-23(22)25)27(29)32-21-15-13-20(14-16-21)26(28)30-2/h8-9,11-18H,3-7,10,19H2,1-2H3. The maximum absolute atomic E-state index is 12.8. The van der Waals surface area contributed by atoms with Gasteiger partial charge in [-0.2, -0.15) is 0 Å². The van der Waals surface area contributed by atoms with Gasteiger partial charge in [0, 0.05) is 5.39 Å². The molecule has 0 fully saturated rings. The number of esters is 2. The maximum atomic E-state index is 12.8. The summed E-state index contributed by atoms with van der Waals surface area (Å²) in [7, 11) is 1.32. The van der Waals surface area contributed by atoms with E-state index in [0.29, 0.717) is 23.5 Å². The van der Waals surface area contributed by atoms with Crippen LogP contribution in [0, 0.1) is 0 Å². The Morgan fingerprint density at radius 1 is 0.750 bits per heavy atom. The van der Waals surface area contributed by atoms with E-state index in [9.17, 15) is 9.59 Å². The molecule has 0 heterocycles. The van der Waals surface area contributed by atoms with Crippen LogP contribution in [0.2, 0.25) is 0 Å². The molecule has 0 spiro atoms. The summed E-state index contributed by atoms with van der Waals surface area (Å²) in [5, 5.41) is 1.66. The SMILES string of the molecule is CCCCCCCCOc1ccc(C(=O)Oc2ccc(C(=O)OC)cc2)c2ccccc12. The van der Waals surface area contributed by atoms with E-state index in [1.54, 1.807) is 30.3 Å². The highest BCUT2D eigenvalue weighted by Crippen LogP contribution is 2.30. The van der Waals surface area contributed by atoms with Crippen LogP contribution in [0.5, 0.6) is 11.5 Å². The first-order valence-corrected chi connectivity index (χ1v) is 11.2. The molecule has 0 bridgehead atoms. The molecule has 3 aromatic rings. The molecule has 0 N–H and O–H groups in total. The first-order valence-electron chi connectivity index (χ1n) is 11.2. The monoisotopic (exact) mass is 434 g/mol. The van der Waals surface area contributed by atoms with Gasteiger partial charge in [-0.1, -0.05) is 63.3 Å². The molecule has 0 atom stereocenters. The average Bonchev–Trinajstić information content (AvgIpc) is 2.83. The Bertz CT molecular complexity index is 1040. The maximum Gasteiger partial charge on any atom is 0.344 e. The summed E-state index contributed by atoms with van der Waals surface area (Å²) >= 11 is 0. The van der Waals surface area contributed by atoms with Gasteiger partial charge in [-0.25, -0.2) is 9.59 Å². The minimum Gasteiger partial charge on any atom is -0.493 e. The van der Waals surface area contributed by atoms with Crippen molar-refractivity contribution in [3.05, 3.63) is 71.8 Å². The molecule has 0 saturated carbocycles. The van der Waals surface area contributed by atoms with Crippen molar-refractivity contribution >= 4 is 22.7 Å². The van der Waals surface area contributed by atoms with Crippen molar-refractivity contribution in [3.63, 3.8) is 0 Å². The molecule has 0 aliphatic heterocycles. The van der Waals surface area contributed by atoms with Crippen LogP contribution < -0.4 is 9.47 Å². The van der Waals surface area contributed by atoms with Crippen molar-refractivity contribution in [1.29, 1.82) is 0 Å². The van der Waals surface area contributed by atoms with Gasteiger partial charge in [-0.3, -0.25) is 0 Å². The third-order valence-corrected chi connectivity index (χ3v) is 5.35. The molecule has 3 aromatic carbocycles. The summed E-state index contributed by atoms with van der Waals surface area (Å²) in [4.78, 5) is 24.4. The van der Waals surface area contributed by atoms with Crippen molar-refractivity contribution in [2.75, 3.05) is 13.7 Å². The molecular formula is C27H30O5. The lowest BCUT2D eigenvalue weighted by Gasteiger charge is -2.12. The molecule has 168 valence electrons. The Morgan fingerprint density at radius 3 is 2.16 bits per heavy atom. The summed E-state index contributed by atoms with van der Waals surface area (Å²) < 4.78 is 16.2. The van der Waals surface area contributed by atoms with Gasteiger partial charge < -0.3 is 14.2 Å². The number of carbonyl (C=O) groups excluding carboxylic acids is 2. The minimum absolute atomic E-state index is 0.357. The molecule has 32 heavy (non-hydrogen) atoms. The lowest BCUT2D eigenvalue weighted by Crippen LogP contribution is -2.10. The zero-order valence-electron chi connectivity index (χ0n) is 18.8. The second-order valence-electron chi connectivity index (χ2n) is 7.68. The van der Waals surface area contributed by atoms with Gasteiger partial charge in [-0.15, -0.1) is 0 Å². The second kappa shape index (κ2) is 11.9. The number of hydrogen-bond acceptors (Lipinski definition) is 5. The zero-order valence-corrected chi connectivity index (χ0v) is 18.8. The number of benzene rings is 3. The molecule has 0 radical (unpaired) electrons. The van der Waals surface area contributed by atoms with Gasteiger partial charge >= 0.3 is 11.9 Å². The Hall–Kier alpha value is -3.34. The van der Waals surface area contributed by atoms with E-state index in [1.807, 2.05) is 30.3 Å². The van der Waals surface area contributed by atoms with E-state index in [2.05, 4.69) is 11.7 Å². The highest BCUT2D eigenvalue weighted by Gasteiger charge is 2.15. The van der Waals surface area contributed by atoms with E-state index >= 15 is 0 Å². The highest BCUT2D eigenvalue weighted by molar-refractivity contribution is 6.07. The van der Waals surface area contributed by atoms with Crippen molar-refractivity contribution in [3.8, 4) is 11.5 Å². The molecule has 0 aromatic heterocycles. The van der Waals surface area contributed by atoms with Crippen LogP contribution in [0.1, 0.15) is 66.2 Å². The van der Waals surface area contributed by atoms with E-state index in [4.69, 9.17) is 9.47 Å². The molecule has 0 unspecified atom stereocenters. The van der Waals surface area contributed by atoms with Gasteiger partial charge in [0.2, 0.25) is 0 Å². The molecule has 0 aliphatic carbocycles. The quantitative estimate of drug-likeness (QED) is 0.194. The van der Waals surface area contributed by atoms with E-state index in [-0.39, 0.29) is 0 Å². The highest BCUT2D eigenvalue weighted by atomic mass is 16.5. The van der Waals surface area contributed by atoms with Gasteiger partial charge in [0.05, 0.1) is 24.8 Å². The average molecular weight is 435 g/mol. The summed E-state index contributed by atoms with van der Waals surface area (Å²) in [6, 6.07) is 17.5. The van der Waals surface area contributed by atoms with Crippen molar-refractivity contribution in [1.82, 2.24) is 0 Å². The van der Waals surface area contributed by atoms with Crippen molar-refractivity contribution in [2.24, 2.45) is 0 Å². The van der Waals surface area contributed by atoms with Crippen LogP contribution in [0.15, 0.2) is 60.7 Å². The largest absolute Gasteiger partial charge is 0.493 e. The fourth-order valence-electron chi connectivity index (χ4n) is 3.58. The summed E-state index contributed by atoms with van der Waals surface area (Å²) in [6.45, 7) is 2.88. The Labute approximate surface area is 189 Å². The van der Waals surface area contributed by atoms with E-state index < -0.39 is 11.9 Å². The fourth-order valence-corrected chi connectivity index (χ4v) is 3.58.